The Morgan fingerprint density at radius 2 is 2.33 bits per heavy atom. The molecule has 2 rings (SSSR count). The summed E-state index contributed by atoms with van der Waals surface area (Å²) >= 11 is 3.39. The van der Waals surface area contributed by atoms with Crippen LogP contribution in [0.3, 0.4) is 0 Å². The molecule has 0 aliphatic rings. The first kappa shape index (κ1) is 13.6. The SMILES string of the molecule is CCc1cnc(C(C)NCc2csc(CN)n2)s1. The third-order valence-electron chi connectivity index (χ3n) is 2.65. The zero-order valence-corrected chi connectivity index (χ0v) is 12.3. The molecule has 98 valence electrons. The third kappa shape index (κ3) is 3.35. The zero-order valence-electron chi connectivity index (χ0n) is 10.6. The van der Waals surface area contributed by atoms with Crippen LogP contribution >= 0.6 is 22.7 Å². The number of nitrogens with one attached hydrogen (secondary N) is 1. The minimum Gasteiger partial charge on any atom is -0.325 e. The maximum absolute atomic E-state index is 5.55. The van der Waals surface area contributed by atoms with Crippen LogP contribution in [0.1, 0.15) is 40.5 Å². The highest BCUT2D eigenvalue weighted by Gasteiger charge is 2.10. The van der Waals surface area contributed by atoms with Gasteiger partial charge in [0.2, 0.25) is 0 Å². The summed E-state index contributed by atoms with van der Waals surface area (Å²) in [6, 6.07) is 0.262. The van der Waals surface area contributed by atoms with Gasteiger partial charge in [-0.15, -0.1) is 22.7 Å². The molecule has 0 bridgehead atoms. The van der Waals surface area contributed by atoms with Crippen LogP contribution in [0.5, 0.6) is 0 Å². The van der Waals surface area contributed by atoms with E-state index in [4.69, 9.17) is 5.73 Å². The average Bonchev–Trinajstić information content (AvgIpc) is 3.04. The van der Waals surface area contributed by atoms with Gasteiger partial charge in [-0.1, -0.05) is 6.92 Å². The van der Waals surface area contributed by atoms with E-state index in [-0.39, 0.29) is 6.04 Å². The van der Waals surface area contributed by atoms with E-state index in [1.165, 1.54) is 4.88 Å². The number of hydrogen-bond acceptors (Lipinski definition) is 6. The normalized spacial score (nSPS) is 12.8. The smallest absolute Gasteiger partial charge is 0.109 e. The quantitative estimate of drug-likeness (QED) is 0.854. The fraction of sp³-hybridized carbons (Fsp3) is 0.500. The van der Waals surface area contributed by atoms with Crippen molar-refractivity contribution >= 4 is 22.7 Å². The van der Waals surface area contributed by atoms with Gasteiger partial charge in [0.05, 0.1) is 11.7 Å². The molecule has 3 N–H and O–H groups in total. The average molecular weight is 282 g/mol. The summed E-state index contributed by atoms with van der Waals surface area (Å²) < 4.78 is 0. The molecule has 0 aliphatic carbocycles. The molecule has 0 amide bonds. The Bertz CT molecular complexity index is 492. The molecule has 0 saturated heterocycles. The molecular weight excluding hydrogens is 264 g/mol. The van der Waals surface area contributed by atoms with Crippen molar-refractivity contribution in [2.24, 2.45) is 5.73 Å². The molecule has 4 nitrogen and oxygen atoms in total. The first-order valence-electron chi connectivity index (χ1n) is 6.04. The van der Waals surface area contributed by atoms with Gasteiger partial charge in [0.1, 0.15) is 10.0 Å². The van der Waals surface area contributed by atoms with Crippen molar-refractivity contribution in [2.45, 2.75) is 39.4 Å². The molecule has 1 unspecified atom stereocenters. The summed E-state index contributed by atoms with van der Waals surface area (Å²) in [7, 11) is 0. The highest BCUT2D eigenvalue weighted by atomic mass is 32.1. The molecule has 0 saturated carbocycles. The molecule has 18 heavy (non-hydrogen) atoms. The van der Waals surface area contributed by atoms with Crippen LogP contribution in [-0.4, -0.2) is 9.97 Å². The lowest BCUT2D eigenvalue weighted by Gasteiger charge is -2.09. The molecule has 2 heterocycles. The first-order valence-corrected chi connectivity index (χ1v) is 7.73. The van der Waals surface area contributed by atoms with E-state index < -0.39 is 0 Å². The van der Waals surface area contributed by atoms with Crippen molar-refractivity contribution < 1.29 is 0 Å². The van der Waals surface area contributed by atoms with Crippen LogP contribution in [0.15, 0.2) is 11.6 Å². The van der Waals surface area contributed by atoms with Gasteiger partial charge in [0, 0.05) is 29.5 Å². The number of aromatic nitrogens is 2. The van der Waals surface area contributed by atoms with Gasteiger partial charge in [0.15, 0.2) is 0 Å². The van der Waals surface area contributed by atoms with Gasteiger partial charge in [-0.05, 0) is 13.3 Å². The second kappa shape index (κ2) is 6.38. The van der Waals surface area contributed by atoms with Gasteiger partial charge >= 0.3 is 0 Å². The van der Waals surface area contributed by atoms with Gasteiger partial charge in [-0.3, -0.25) is 0 Å². The highest BCUT2D eigenvalue weighted by Crippen LogP contribution is 2.20. The molecule has 6 heteroatoms. The monoisotopic (exact) mass is 282 g/mol. The predicted octanol–water partition coefficient (Wildman–Crippen LogP) is 2.47. The molecule has 0 aliphatic heterocycles. The van der Waals surface area contributed by atoms with Gasteiger partial charge in [-0.2, -0.15) is 0 Å². The molecule has 0 spiro atoms. The Morgan fingerprint density at radius 1 is 1.50 bits per heavy atom. The zero-order chi connectivity index (χ0) is 13.0. The topological polar surface area (TPSA) is 63.8 Å². The maximum atomic E-state index is 5.55. The number of nitrogens with two attached hydrogens (primary N) is 1. The Labute approximate surface area is 115 Å². The van der Waals surface area contributed by atoms with E-state index in [9.17, 15) is 0 Å². The largest absolute Gasteiger partial charge is 0.325 e. The Morgan fingerprint density at radius 3 is 2.94 bits per heavy atom. The summed E-state index contributed by atoms with van der Waals surface area (Å²) in [6.07, 6.45) is 3.02. The Hall–Kier alpha value is -0.820. The lowest BCUT2D eigenvalue weighted by atomic mass is 10.3. The second-order valence-electron chi connectivity index (χ2n) is 4.06. The second-order valence-corrected chi connectivity index (χ2v) is 6.15. The summed E-state index contributed by atoms with van der Waals surface area (Å²) in [5.74, 6) is 0. The summed E-state index contributed by atoms with van der Waals surface area (Å²) in [4.78, 5) is 10.2. The molecular formula is C12H18N4S2. The van der Waals surface area contributed by atoms with Crippen LogP contribution in [0.4, 0.5) is 0 Å². The maximum Gasteiger partial charge on any atom is 0.109 e. The van der Waals surface area contributed by atoms with Crippen molar-refractivity contribution in [2.75, 3.05) is 0 Å². The molecule has 0 fully saturated rings. The van der Waals surface area contributed by atoms with Crippen LogP contribution < -0.4 is 11.1 Å². The van der Waals surface area contributed by atoms with E-state index in [2.05, 4.69) is 34.5 Å². The fourth-order valence-corrected chi connectivity index (χ4v) is 3.11. The van der Waals surface area contributed by atoms with Gasteiger partial charge < -0.3 is 11.1 Å². The third-order valence-corrected chi connectivity index (χ3v) is 4.90. The van der Waals surface area contributed by atoms with E-state index in [0.29, 0.717) is 6.54 Å². The van der Waals surface area contributed by atoms with Gasteiger partial charge in [-0.25, -0.2) is 9.97 Å². The van der Waals surface area contributed by atoms with Crippen LogP contribution in [-0.2, 0) is 19.5 Å². The van der Waals surface area contributed by atoms with Crippen LogP contribution in [0.25, 0.3) is 0 Å². The van der Waals surface area contributed by atoms with Crippen molar-refractivity contribution in [1.82, 2.24) is 15.3 Å². The molecule has 2 aromatic rings. The van der Waals surface area contributed by atoms with Crippen molar-refractivity contribution in [1.29, 1.82) is 0 Å². The lowest BCUT2D eigenvalue weighted by molar-refractivity contribution is 0.566. The van der Waals surface area contributed by atoms with Crippen molar-refractivity contribution in [3.05, 3.63) is 32.2 Å². The van der Waals surface area contributed by atoms with E-state index in [0.717, 1.165) is 28.7 Å². The van der Waals surface area contributed by atoms with E-state index in [1.54, 1.807) is 22.7 Å². The predicted molar refractivity (Wildman–Crippen MR) is 76.8 cm³/mol. The Kier molecular flexibility index (Phi) is 4.82. The van der Waals surface area contributed by atoms with Crippen LogP contribution in [0.2, 0.25) is 0 Å². The molecule has 0 aromatic carbocycles. The van der Waals surface area contributed by atoms with E-state index >= 15 is 0 Å². The standard InChI is InChI=1S/C12H18N4S2/c1-3-10-6-15-12(18-10)8(2)14-5-9-7-17-11(4-13)16-9/h6-8,14H,3-5,13H2,1-2H3. The number of hydrogen-bond donors (Lipinski definition) is 2. The number of nitrogens with zero attached hydrogens (tertiary/aromatic N) is 2. The molecule has 2 aromatic heterocycles. The molecule has 0 radical (unpaired) electrons. The first-order chi connectivity index (χ1) is 8.72. The number of aryl methyl sites for hydroxylation is 1. The van der Waals surface area contributed by atoms with Crippen molar-refractivity contribution in [3.8, 4) is 0 Å². The lowest BCUT2D eigenvalue weighted by Crippen LogP contribution is -2.18. The van der Waals surface area contributed by atoms with E-state index in [1.807, 2.05) is 6.20 Å². The van der Waals surface area contributed by atoms with Crippen molar-refractivity contribution in [3.63, 3.8) is 0 Å². The van der Waals surface area contributed by atoms with Crippen LogP contribution in [0, 0.1) is 0 Å². The Balaban J connectivity index is 1.89. The van der Waals surface area contributed by atoms with Gasteiger partial charge in [0.25, 0.3) is 0 Å². The minimum atomic E-state index is 0.262. The summed E-state index contributed by atoms with van der Waals surface area (Å²) in [6.45, 7) is 5.57. The highest BCUT2D eigenvalue weighted by molar-refractivity contribution is 7.11. The number of thiazole rings is 2. The summed E-state index contributed by atoms with van der Waals surface area (Å²) in [5, 5.41) is 7.63. The number of rotatable bonds is 6. The molecule has 1 atom stereocenters. The fourth-order valence-electron chi connectivity index (χ4n) is 1.56. The summed E-state index contributed by atoms with van der Waals surface area (Å²) in [5.41, 5.74) is 6.60. The minimum absolute atomic E-state index is 0.262.